The molecule has 0 aliphatic heterocycles. The van der Waals surface area contributed by atoms with Crippen molar-refractivity contribution in [3.05, 3.63) is 109 Å². The predicted molar refractivity (Wildman–Crippen MR) is 207 cm³/mol. The van der Waals surface area contributed by atoms with Crippen LogP contribution < -0.4 is 15.6 Å². The number of nitrogens with zero attached hydrogens (tertiary/aromatic N) is 6. The summed E-state index contributed by atoms with van der Waals surface area (Å²) in [6.07, 6.45) is -1.92. The van der Waals surface area contributed by atoms with Gasteiger partial charge in [-0.05, 0) is 59.9 Å². The van der Waals surface area contributed by atoms with E-state index in [1.165, 1.54) is 42.1 Å². The monoisotopic (exact) mass is 896 g/mol. The van der Waals surface area contributed by atoms with Gasteiger partial charge < -0.3 is 5.32 Å². The van der Waals surface area contributed by atoms with E-state index in [-0.39, 0.29) is 67.3 Å². The van der Waals surface area contributed by atoms with Crippen molar-refractivity contribution >= 4 is 65.0 Å². The second kappa shape index (κ2) is 14.3. The number of benzene rings is 3. The first-order valence-electron chi connectivity index (χ1n) is 17.9. The second-order valence-electron chi connectivity index (χ2n) is 14.9. The number of alkyl halides is 4. The van der Waals surface area contributed by atoms with E-state index in [2.05, 4.69) is 20.2 Å². The molecule has 1 unspecified atom stereocenters. The van der Waals surface area contributed by atoms with Gasteiger partial charge in [0.25, 0.3) is 17.9 Å². The number of nitrogens with one attached hydrogen (secondary N) is 2. The summed E-state index contributed by atoms with van der Waals surface area (Å²) in [4.78, 5) is 33.5. The fourth-order valence-corrected chi connectivity index (χ4v) is 9.54. The molecule has 1 amide bonds. The molecule has 3 aromatic carbocycles. The molecule has 6 aromatic rings. The van der Waals surface area contributed by atoms with Crippen LogP contribution in [-0.4, -0.2) is 64.4 Å². The van der Waals surface area contributed by atoms with Gasteiger partial charge in [-0.2, -0.15) is 19.0 Å². The number of fused-ring (bicyclic) bond motifs is 5. The van der Waals surface area contributed by atoms with Crippen LogP contribution in [0.3, 0.4) is 0 Å². The summed E-state index contributed by atoms with van der Waals surface area (Å²) in [5, 5.41) is 10.5. The SMILES string of the molecule is Cn1nc(NS(C)(=O)=O)c2c(Cl)ccc(-n3c(C(Cc4cc(F)cc(F)c4)NC(=O)Cn4nc(C(F)F)c5c4C(F)(F)[C@@H]4C[C@H]54)nc4cc(CS(C)(=O)=O)ccc4c3=O)c21. The van der Waals surface area contributed by atoms with Gasteiger partial charge in [-0.3, -0.25) is 28.2 Å². The zero-order valence-electron chi connectivity index (χ0n) is 31.4. The fraction of sp³-hybridized carbons (Fsp3) is 0.324. The Bertz CT molecular complexity index is 3080. The Morgan fingerprint density at radius 2 is 1.70 bits per heavy atom. The van der Waals surface area contributed by atoms with Crippen LogP contribution in [-0.2, 0) is 56.3 Å². The summed E-state index contributed by atoms with van der Waals surface area (Å²) in [6.45, 7) is -1.03. The minimum absolute atomic E-state index is 0.00814. The highest BCUT2D eigenvalue weighted by atomic mass is 35.5. The third-order valence-corrected chi connectivity index (χ3v) is 12.0. The molecule has 0 radical (unpaired) electrons. The summed E-state index contributed by atoms with van der Waals surface area (Å²) in [7, 11) is -6.13. The maximum atomic E-state index is 15.5. The van der Waals surface area contributed by atoms with Crippen LogP contribution in [0.1, 0.15) is 58.7 Å². The molecule has 3 atom stereocenters. The first-order chi connectivity index (χ1) is 28.0. The largest absolute Gasteiger partial charge is 0.344 e. The van der Waals surface area contributed by atoms with Crippen LogP contribution in [0.25, 0.3) is 27.5 Å². The van der Waals surface area contributed by atoms with Crippen molar-refractivity contribution in [1.82, 2.24) is 34.4 Å². The average Bonchev–Trinajstić information content (AvgIpc) is 3.66. The molecule has 3 aromatic heterocycles. The van der Waals surface area contributed by atoms with Crippen LogP contribution >= 0.6 is 11.6 Å². The quantitative estimate of drug-likeness (QED) is 0.149. The Labute approximate surface area is 341 Å². The number of sulfone groups is 1. The highest BCUT2D eigenvalue weighted by molar-refractivity contribution is 7.92. The minimum Gasteiger partial charge on any atom is -0.344 e. The van der Waals surface area contributed by atoms with E-state index in [0.29, 0.717) is 10.7 Å². The molecule has 8 rings (SSSR count). The zero-order valence-corrected chi connectivity index (χ0v) is 33.7. The van der Waals surface area contributed by atoms with E-state index in [1.54, 1.807) is 0 Å². The molecule has 0 bridgehead atoms. The van der Waals surface area contributed by atoms with Crippen LogP contribution in [0, 0.1) is 17.6 Å². The summed E-state index contributed by atoms with van der Waals surface area (Å²) in [5.41, 5.74) is -2.80. The number of sulfonamides is 1. The number of carbonyl (C=O) groups excluding carboxylic acids is 1. The Kier molecular flexibility index (Phi) is 9.85. The summed E-state index contributed by atoms with van der Waals surface area (Å²) in [5.74, 6) is -9.83. The smallest absolute Gasteiger partial charge is 0.293 e. The van der Waals surface area contributed by atoms with Gasteiger partial charge >= 0.3 is 0 Å². The van der Waals surface area contributed by atoms with E-state index in [1.807, 2.05) is 0 Å². The van der Waals surface area contributed by atoms with Crippen molar-refractivity contribution in [2.24, 2.45) is 13.0 Å². The minimum atomic E-state index is -3.93. The van der Waals surface area contributed by atoms with Crippen LogP contribution in [0.5, 0.6) is 0 Å². The molecular formula is C37H31ClF6N8O6S2. The lowest BCUT2D eigenvalue weighted by Gasteiger charge is -2.24. The Hall–Kier alpha value is -5.48. The average molecular weight is 897 g/mol. The fourth-order valence-electron chi connectivity index (χ4n) is 8.02. The third kappa shape index (κ3) is 7.48. The lowest BCUT2D eigenvalue weighted by molar-refractivity contribution is -0.123. The van der Waals surface area contributed by atoms with Gasteiger partial charge in [0.1, 0.15) is 35.4 Å². The number of halogens is 7. The zero-order chi connectivity index (χ0) is 43.4. The lowest BCUT2D eigenvalue weighted by atomic mass is 10.0. The molecular weight excluding hydrogens is 866 g/mol. The van der Waals surface area contributed by atoms with Gasteiger partial charge in [0.15, 0.2) is 15.7 Å². The molecule has 1 fully saturated rings. The number of anilines is 1. The standard InChI is InChI=1S/C37H31ClF6N8O6S2/c1-50-31-26(7-6-23(38)29(31)34(48-50)49-60(3,57)58)52-35(46-24-10-16(15-59(2,55)56)4-5-20(24)36(52)54)25(11-17-8-18(39)12-19(40)9-17)45-27(53)14-51-32-28(30(47-51)33(41)42)21-13-22(21)37(32,43)44/h4-10,12,21-22,25,33H,11,13-15H2,1-3H3,(H,45,53)(H,48,49)/t21-,22+,25?/m0/s1. The van der Waals surface area contributed by atoms with Crippen molar-refractivity contribution in [3.8, 4) is 5.69 Å². The molecule has 316 valence electrons. The molecule has 3 heterocycles. The van der Waals surface area contributed by atoms with Gasteiger partial charge in [0.2, 0.25) is 15.9 Å². The van der Waals surface area contributed by atoms with Crippen molar-refractivity contribution in [2.75, 3.05) is 17.2 Å². The summed E-state index contributed by atoms with van der Waals surface area (Å²) < 4.78 is 142. The number of hydrogen-bond acceptors (Lipinski definition) is 9. The second-order valence-corrected chi connectivity index (χ2v) is 19.2. The molecule has 14 nitrogen and oxygen atoms in total. The number of carbonyl (C=O) groups is 1. The number of amides is 1. The van der Waals surface area contributed by atoms with E-state index >= 15 is 8.78 Å². The molecule has 2 aliphatic carbocycles. The Morgan fingerprint density at radius 3 is 2.35 bits per heavy atom. The van der Waals surface area contributed by atoms with Crippen molar-refractivity contribution in [3.63, 3.8) is 0 Å². The molecule has 2 N–H and O–H groups in total. The maximum absolute atomic E-state index is 15.5. The molecule has 1 saturated carbocycles. The van der Waals surface area contributed by atoms with E-state index < -0.39 is 103 Å². The maximum Gasteiger partial charge on any atom is 0.293 e. The predicted octanol–water partition coefficient (Wildman–Crippen LogP) is 5.56. The highest BCUT2D eigenvalue weighted by Gasteiger charge is 2.67. The molecule has 0 saturated heterocycles. The van der Waals surface area contributed by atoms with Crippen molar-refractivity contribution in [2.45, 2.75) is 49.4 Å². The third-order valence-electron chi connectivity index (χ3n) is 10.3. The Morgan fingerprint density at radius 1 is 1.00 bits per heavy atom. The van der Waals surface area contributed by atoms with Crippen LogP contribution in [0.15, 0.2) is 53.3 Å². The first kappa shape index (κ1) is 41.3. The van der Waals surface area contributed by atoms with Crippen LogP contribution in [0.2, 0.25) is 5.02 Å². The van der Waals surface area contributed by atoms with Gasteiger partial charge in [-0.1, -0.05) is 17.7 Å². The number of rotatable bonds is 12. The number of hydrogen-bond donors (Lipinski definition) is 2. The number of aromatic nitrogens is 6. The first-order valence-corrected chi connectivity index (χ1v) is 22.2. The lowest BCUT2D eigenvalue weighted by Crippen LogP contribution is -2.38. The molecule has 2 aliphatic rings. The van der Waals surface area contributed by atoms with Gasteiger partial charge in [0, 0.05) is 37.3 Å². The number of aryl methyl sites for hydroxylation is 1. The van der Waals surface area contributed by atoms with E-state index in [0.717, 1.165) is 29.2 Å². The highest BCUT2D eigenvalue weighted by Crippen LogP contribution is 2.68. The van der Waals surface area contributed by atoms with E-state index in [4.69, 9.17) is 16.6 Å². The summed E-state index contributed by atoms with van der Waals surface area (Å²) in [6, 6.07) is 7.56. The van der Waals surface area contributed by atoms with Crippen LogP contribution in [0.4, 0.5) is 32.2 Å². The van der Waals surface area contributed by atoms with Crippen molar-refractivity contribution < 1.29 is 48.0 Å². The van der Waals surface area contributed by atoms with Gasteiger partial charge in [-0.15, -0.1) is 0 Å². The molecule has 23 heteroatoms. The molecule has 60 heavy (non-hydrogen) atoms. The Balaban J connectivity index is 1.34. The van der Waals surface area contributed by atoms with E-state index in [9.17, 15) is 44.0 Å². The topological polar surface area (TPSA) is 180 Å². The summed E-state index contributed by atoms with van der Waals surface area (Å²) >= 11 is 6.57. The van der Waals surface area contributed by atoms with Crippen molar-refractivity contribution in [1.29, 1.82) is 0 Å². The normalized spacial score (nSPS) is 17.6. The van der Waals surface area contributed by atoms with Gasteiger partial charge in [0.05, 0.1) is 50.6 Å². The van der Waals surface area contributed by atoms with Gasteiger partial charge in [-0.25, -0.2) is 39.4 Å². The molecule has 0 spiro atoms.